The molecule has 1 N–H and O–H groups in total. The van der Waals surface area contributed by atoms with E-state index in [0.717, 1.165) is 38.1 Å². The highest BCUT2D eigenvalue weighted by atomic mass is 19.4. The van der Waals surface area contributed by atoms with Crippen LogP contribution in [0.1, 0.15) is 44.2 Å². The van der Waals surface area contributed by atoms with Gasteiger partial charge in [0.15, 0.2) is 0 Å². The minimum absolute atomic E-state index is 0.607. The van der Waals surface area contributed by atoms with Crippen LogP contribution in [0, 0.1) is 17.8 Å². The number of carboxylic acid groups (broad SMARTS) is 1. The van der Waals surface area contributed by atoms with Gasteiger partial charge >= 0.3 is 12.1 Å². The first kappa shape index (κ1) is 22.1. The van der Waals surface area contributed by atoms with Crippen molar-refractivity contribution in [2.45, 2.75) is 57.8 Å². The van der Waals surface area contributed by atoms with Crippen LogP contribution in [-0.2, 0) is 22.6 Å². The van der Waals surface area contributed by atoms with E-state index in [2.05, 4.69) is 14.5 Å². The molecule has 0 aromatic carbocycles. The Balaban J connectivity index is 0.000000298. The van der Waals surface area contributed by atoms with Gasteiger partial charge in [0.25, 0.3) is 0 Å². The lowest BCUT2D eigenvalue weighted by atomic mass is 9.85. The van der Waals surface area contributed by atoms with Gasteiger partial charge in [-0.2, -0.15) is 13.2 Å². The van der Waals surface area contributed by atoms with Crippen molar-refractivity contribution in [3.8, 4) is 0 Å². The minimum atomic E-state index is -5.08. The maximum Gasteiger partial charge on any atom is 0.490 e. The first-order valence-corrected chi connectivity index (χ1v) is 10.4. The zero-order valence-electron chi connectivity index (χ0n) is 16.6. The lowest BCUT2D eigenvalue weighted by molar-refractivity contribution is -0.192. The average Bonchev–Trinajstić information content (AvgIpc) is 2.92. The quantitative estimate of drug-likeness (QED) is 0.767. The van der Waals surface area contributed by atoms with Crippen LogP contribution in [0.4, 0.5) is 13.2 Å². The number of rotatable bonds is 6. The molecule has 1 atom stereocenters. The van der Waals surface area contributed by atoms with Gasteiger partial charge in [0, 0.05) is 44.9 Å². The molecule has 2 saturated carbocycles. The summed E-state index contributed by atoms with van der Waals surface area (Å²) in [5, 5.41) is 7.12. The highest BCUT2D eigenvalue weighted by Crippen LogP contribution is 2.29. The molecule has 0 saturated heterocycles. The monoisotopic (exact) mass is 417 g/mol. The number of nitrogens with zero attached hydrogens (tertiary/aromatic N) is 3. The van der Waals surface area contributed by atoms with E-state index >= 15 is 0 Å². The zero-order chi connectivity index (χ0) is 20.9. The summed E-state index contributed by atoms with van der Waals surface area (Å²) in [7, 11) is 0. The first-order valence-electron chi connectivity index (χ1n) is 10.4. The molecule has 0 amide bonds. The zero-order valence-corrected chi connectivity index (χ0v) is 16.6. The SMILES string of the molecule is O=C(O)C(F)(F)F.c1ncn2c1CN(CC1CCC1)CC(COCC1CCC1)C2. The van der Waals surface area contributed by atoms with Crippen molar-refractivity contribution < 1.29 is 27.8 Å². The number of imidazole rings is 1. The minimum Gasteiger partial charge on any atom is -0.475 e. The lowest BCUT2D eigenvalue weighted by Crippen LogP contribution is -2.36. The number of carbonyl (C=O) groups is 1. The van der Waals surface area contributed by atoms with Crippen molar-refractivity contribution >= 4 is 5.97 Å². The van der Waals surface area contributed by atoms with Gasteiger partial charge in [0.05, 0.1) is 18.6 Å². The van der Waals surface area contributed by atoms with Crippen LogP contribution < -0.4 is 0 Å². The third-order valence-corrected chi connectivity index (χ3v) is 6.07. The van der Waals surface area contributed by atoms with Crippen molar-refractivity contribution in [1.82, 2.24) is 14.5 Å². The average molecular weight is 417 g/mol. The van der Waals surface area contributed by atoms with Gasteiger partial charge < -0.3 is 14.4 Å². The summed E-state index contributed by atoms with van der Waals surface area (Å²) in [5.41, 5.74) is 1.38. The topological polar surface area (TPSA) is 67.6 Å². The number of alkyl halides is 3. The second kappa shape index (κ2) is 9.93. The molecule has 9 heteroatoms. The largest absolute Gasteiger partial charge is 0.490 e. The summed E-state index contributed by atoms with van der Waals surface area (Å²) >= 11 is 0. The maximum atomic E-state index is 10.6. The van der Waals surface area contributed by atoms with Crippen LogP contribution in [0.2, 0.25) is 0 Å². The Bertz CT molecular complexity index is 657. The highest BCUT2D eigenvalue weighted by Gasteiger charge is 2.38. The van der Waals surface area contributed by atoms with Gasteiger partial charge in [-0.25, -0.2) is 9.78 Å². The summed E-state index contributed by atoms with van der Waals surface area (Å²) in [5.74, 6) is -0.366. The fraction of sp³-hybridized carbons (Fsp3) is 0.800. The summed E-state index contributed by atoms with van der Waals surface area (Å²) in [6.45, 7) is 6.48. The van der Waals surface area contributed by atoms with E-state index in [1.807, 2.05) is 12.5 Å². The molecule has 4 rings (SSSR count). The number of hydrogen-bond donors (Lipinski definition) is 1. The third kappa shape index (κ3) is 6.70. The third-order valence-electron chi connectivity index (χ3n) is 6.07. The maximum absolute atomic E-state index is 10.6. The number of aliphatic carboxylic acids is 1. The van der Waals surface area contributed by atoms with Crippen molar-refractivity contribution in [3.63, 3.8) is 0 Å². The van der Waals surface area contributed by atoms with E-state index < -0.39 is 12.1 Å². The van der Waals surface area contributed by atoms with E-state index in [1.165, 1.54) is 57.3 Å². The predicted molar refractivity (Wildman–Crippen MR) is 100 cm³/mol. The summed E-state index contributed by atoms with van der Waals surface area (Å²) < 4.78 is 40.1. The normalized spacial score (nSPS) is 23.2. The summed E-state index contributed by atoms with van der Waals surface area (Å²) in [4.78, 5) is 15.9. The van der Waals surface area contributed by atoms with Crippen molar-refractivity contribution in [3.05, 3.63) is 18.2 Å². The van der Waals surface area contributed by atoms with E-state index in [0.29, 0.717) is 5.92 Å². The molecule has 2 heterocycles. The molecule has 1 aliphatic heterocycles. The molecule has 0 spiro atoms. The molecule has 164 valence electrons. The van der Waals surface area contributed by atoms with Crippen LogP contribution in [0.15, 0.2) is 12.5 Å². The second-order valence-corrected chi connectivity index (χ2v) is 8.53. The number of aromatic nitrogens is 2. The molecule has 2 fully saturated rings. The standard InChI is InChI=1S/C18H29N3O.C2HF3O2/c1-3-15(4-1)8-20-9-17(13-22-12-16-5-2-6-16)10-21-14-19-7-18(21)11-20;3-2(4,5)1(6)7/h7,14-17H,1-6,8-13H2;(H,6,7). The Morgan fingerprint density at radius 1 is 1.10 bits per heavy atom. The van der Waals surface area contributed by atoms with Gasteiger partial charge in [-0.3, -0.25) is 4.90 Å². The van der Waals surface area contributed by atoms with E-state index in [1.54, 1.807) is 0 Å². The first-order chi connectivity index (χ1) is 13.8. The Hall–Kier alpha value is -1.61. The van der Waals surface area contributed by atoms with E-state index in [4.69, 9.17) is 14.6 Å². The smallest absolute Gasteiger partial charge is 0.475 e. The molecule has 3 aliphatic rings. The fourth-order valence-corrected chi connectivity index (χ4v) is 3.98. The predicted octanol–water partition coefficient (Wildman–Crippen LogP) is 3.57. The van der Waals surface area contributed by atoms with Crippen LogP contribution >= 0.6 is 0 Å². The van der Waals surface area contributed by atoms with Crippen LogP contribution in [0.3, 0.4) is 0 Å². The lowest BCUT2D eigenvalue weighted by Gasteiger charge is -2.33. The van der Waals surface area contributed by atoms with Gasteiger partial charge in [0.2, 0.25) is 0 Å². The van der Waals surface area contributed by atoms with Crippen molar-refractivity contribution in [1.29, 1.82) is 0 Å². The van der Waals surface area contributed by atoms with Gasteiger partial charge in [-0.1, -0.05) is 12.8 Å². The second-order valence-electron chi connectivity index (χ2n) is 8.53. The van der Waals surface area contributed by atoms with Gasteiger partial charge in [0.1, 0.15) is 0 Å². The van der Waals surface area contributed by atoms with Crippen LogP contribution in [0.5, 0.6) is 0 Å². The molecule has 1 unspecified atom stereocenters. The van der Waals surface area contributed by atoms with Gasteiger partial charge in [-0.15, -0.1) is 0 Å². The molecule has 2 aliphatic carbocycles. The molecule has 29 heavy (non-hydrogen) atoms. The molecule has 1 aromatic rings. The molecular weight excluding hydrogens is 387 g/mol. The Kier molecular flexibility index (Phi) is 7.56. The fourth-order valence-electron chi connectivity index (χ4n) is 3.98. The number of hydrogen-bond acceptors (Lipinski definition) is 4. The van der Waals surface area contributed by atoms with E-state index in [-0.39, 0.29) is 0 Å². The molecule has 0 bridgehead atoms. The van der Waals surface area contributed by atoms with Gasteiger partial charge in [-0.05, 0) is 37.5 Å². The molecule has 0 radical (unpaired) electrons. The van der Waals surface area contributed by atoms with Crippen LogP contribution in [0.25, 0.3) is 0 Å². The Labute approximate surface area is 169 Å². The number of halogens is 3. The molecular formula is C20H30F3N3O3. The molecule has 6 nitrogen and oxygen atoms in total. The van der Waals surface area contributed by atoms with Crippen LogP contribution in [-0.4, -0.2) is 58.0 Å². The Morgan fingerprint density at radius 3 is 2.28 bits per heavy atom. The number of ether oxygens (including phenoxy) is 1. The number of carboxylic acids is 1. The molecule has 1 aromatic heterocycles. The number of fused-ring (bicyclic) bond motifs is 1. The van der Waals surface area contributed by atoms with Crippen molar-refractivity contribution in [2.75, 3.05) is 26.3 Å². The Morgan fingerprint density at radius 2 is 1.72 bits per heavy atom. The highest BCUT2D eigenvalue weighted by molar-refractivity contribution is 5.73. The summed E-state index contributed by atoms with van der Waals surface area (Å²) in [6, 6.07) is 0. The van der Waals surface area contributed by atoms with E-state index in [9.17, 15) is 13.2 Å². The van der Waals surface area contributed by atoms with Crippen molar-refractivity contribution in [2.24, 2.45) is 17.8 Å². The summed E-state index contributed by atoms with van der Waals surface area (Å²) in [6.07, 6.45) is 7.42.